The Balaban J connectivity index is 1.63. The molecule has 0 aliphatic heterocycles. The molecule has 0 unspecified atom stereocenters. The smallest absolute Gasteiger partial charge is 0.271 e. The van der Waals surface area contributed by atoms with Crippen LogP contribution in [0.15, 0.2) is 48.1 Å². The van der Waals surface area contributed by atoms with Gasteiger partial charge >= 0.3 is 0 Å². The minimum Gasteiger partial charge on any atom is -0.493 e. The third kappa shape index (κ3) is 4.28. The zero-order valence-electron chi connectivity index (χ0n) is 14.4. The Morgan fingerprint density at radius 1 is 1.19 bits per heavy atom. The molecule has 0 spiro atoms. The molecule has 8 heteroatoms. The lowest BCUT2D eigenvalue weighted by molar-refractivity contribution is 0.0946. The number of methoxy groups -OCH3 is 2. The lowest BCUT2D eigenvalue weighted by Gasteiger charge is -2.09. The molecule has 1 aromatic carbocycles. The van der Waals surface area contributed by atoms with E-state index in [-0.39, 0.29) is 5.91 Å². The fourth-order valence-corrected chi connectivity index (χ4v) is 2.96. The maximum atomic E-state index is 12.2. The zero-order valence-corrected chi connectivity index (χ0v) is 15.2. The number of aromatic nitrogens is 2. The number of anilines is 2. The Bertz CT molecular complexity index is 883. The number of benzene rings is 1. The third-order valence-electron chi connectivity index (χ3n) is 3.55. The Morgan fingerprint density at radius 3 is 2.77 bits per heavy atom. The number of hydrogen-bond donors (Lipinski definition) is 2. The zero-order chi connectivity index (χ0) is 18.4. The summed E-state index contributed by atoms with van der Waals surface area (Å²) in [5.74, 6) is 1.03. The number of pyridine rings is 1. The molecule has 2 heterocycles. The van der Waals surface area contributed by atoms with Gasteiger partial charge in [0.2, 0.25) is 0 Å². The van der Waals surface area contributed by atoms with E-state index in [9.17, 15) is 4.79 Å². The van der Waals surface area contributed by atoms with E-state index in [2.05, 4.69) is 20.6 Å². The summed E-state index contributed by atoms with van der Waals surface area (Å²) < 4.78 is 10.5. The third-order valence-corrected chi connectivity index (χ3v) is 4.31. The lowest BCUT2D eigenvalue weighted by Crippen LogP contribution is -2.23. The highest BCUT2D eigenvalue weighted by molar-refractivity contribution is 7.14. The van der Waals surface area contributed by atoms with Crippen molar-refractivity contribution in [3.05, 3.63) is 59.4 Å². The van der Waals surface area contributed by atoms with Crippen molar-refractivity contribution in [3.8, 4) is 11.5 Å². The van der Waals surface area contributed by atoms with Gasteiger partial charge in [-0.05, 0) is 23.8 Å². The van der Waals surface area contributed by atoms with Gasteiger partial charge in [-0.25, -0.2) is 4.98 Å². The molecule has 7 nitrogen and oxygen atoms in total. The van der Waals surface area contributed by atoms with E-state index >= 15 is 0 Å². The molecular weight excluding hydrogens is 352 g/mol. The summed E-state index contributed by atoms with van der Waals surface area (Å²) in [6.07, 6.45) is 3.41. The predicted molar refractivity (Wildman–Crippen MR) is 100 cm³/mol. The van der Waals surface area contributed by atoms with E-state index in [0.29, 0.717) is 28.9 Å². The number of hydrogen-bond acceptors (Lipinski definition) is 7. The second kappa shape index (κ2) is 8.30. The van der Waals surface area contributed by atoms with Crippen molar-refractivity contribution in [2.45, 2.75) is 6.54 Å². The molecule has 2 N–H and O–H groups in total. The number of nitrogens with zero attached hydrogens (tertiary/aromatic N) is 2. The summed E-state index contributed by atoms with van der Waals surface area (Å²) in [6, 6.07) is 9.19. The van der Waals surface area contributed by atoms with Crippen molar-refractivity contribution in [1.82, 2.24) is 15.3 Å². The summed E-state index contributed by atoms with van der Waals surface area (Å²) in [4.78, 5) is 20.6. The molecule has 1 amide bonds. The lowest BCUT2D eigenvalue weighted by atomic mass is 10.3. The van der Waals surface area contributed by atoms with Gasteiger partial charge in [0.1, 0.15) is 5.69 Å². The van der Waals surface area contributed by atoms with Gasteiger partial charge in [0.25, 0.3) is 5.91 Å². The number of nitrogens with one attached hydrogen (secondary N) is 2. The molecule has 2 aromatic heterocycles. The molecule has 3 rings (SSSR count). The van der Waals surface area contributed by atoms with Crippen molar-refractivity contribution < 1.29 is 14.3 Å². The van der Waals surface area contributed by atoms with E-state index in [4.69, 9.17) is 9.47 Å². The molecule has 0 saturated carbocycles. The van der Waals surface area contributed by atoms with Gasteiger partial charge in [0.15, 0.2) is 16.6 Å². The predicted octanol–water partition coefficient (Wildman–Crippen LogP) is 3.23. The highest BCUT2D eigenvalue weighted by atomic mass is 32.1. The highest BCUT2D eigenvalue weighted by Crippen LogP contribution is 2.31. The molecule has 26 heavy (non-hydrogen) atoms. The first-order valence-electron chi connectivity index (χ1n) is 7.81. The first-order valence-corrected chi connectivity index (χ1v) is 8.69. The summed E-state index contributed by atoms with van der Waals surface area (Å²) in [5.41, 5.74) is 2.08. The molecule has 0 aliphatic rings. The average molecular weight is 370 g/mol. The number of amides is 1. The second-order valence-electron chi connectivity index (χ2n) is 5.28. The summed E-state index contributed by atoms with van der Waals surface area (Å²) in [7, 11) is 3.16. The van der Waals surface area contributed by atoms with Crippen LogP contribution >= 0.6 is 11.3 Å². The first kappa shape index (κ1) is 17.7. The number of rotatable bonds is 7. The van der Waals surface area contributed by atoms with Crippen LogP contribution in [0, 0.1) is 0 Å². The van der Waals surface area contributed by atoms with Gasteiger partial charge in [-0.3, -0.25) is 9.78 Å². The normalized spacial score (nSPS) is 10.2. The van der Waals surface area contributed by atoms with Crippen LogP contribution in [-0.2, 0) is 6.54 Å². The molecule has 0 bridgehead atoms. The summed E-state index contributed by atoms with van der Waals surface area (Å²) in [5, 5.41) is 8.31. The van der Waals surface area contributed by atoms with E-state index in [0.717, 1.165) is 11.3 Å². The fourth-order valence-electron chi connectivity index (χ4n) is 2.25. The van der Waals surface area contributed by atoms with Crippen molar-refractivity contribution >= 4 is 28.1 Å². The molecule has 0 saturated heterocycles. The maximum absolute atomic E-state index is 12.2. The van der Waals surface area contributed by atoms with Crippen LogP contribution in [0.4, 0.5) is 10.8 Å². The summed E-state index contributed by atoms with van der Waals surface area (Å²) >= 11 is 1.35. The van der Waals surface area contributed by atoms with Crippen molar-refractivity contribution in [2.24, 2.45) is 0 Å². The van der Waals surface area contributed by atoms with Crippen LogP contribution < -0.4 is 20.1 Å². The number of carbonyl (C=O) groups excluding carboxylic acids is 1. The highest BCUT2D eigenvalue weighted by Gasteiger charge is 2.11. The summed E-state index contributed by atoms with van der Waals surface area (Å²) in [6.45, 7) is 0.405. The number of ether oxygens (including phenoxy) is 2. The van der Waals surface area contributed by atoms with Gasteiger partial charge < -0.3 is 20.1 Å². The Kier molecular flexibility index (Phi) is 5.65. The average Bonchev–Trinajstić information content (AvgIpc) is 3.15. The van der Waals surface area contributed by atoms with Gasteiger partial charge in [-0.1, -0.05) is 6.07 Å². The SMILES string of the molecule is COc1ccc(Nc2nc(C(=O)NCc3cccnc3)cs2)cc1OC. The quantitative estimate of drug-likeness (QED) is 0.664. The molecule has 0 radical (unpaired) electrons. The van der Waals surface area contributed by atoms with Gasteiger partial charge in [-0.15, -0.1) is 11.3 Å². The van der Waals surface area contributed by atoms with Crippen LogP contribution in [0.2, 0.25) is 0 Å². The Labute approximate surface area is 155 Å². The molecule has 0 aliphatic carbocycles. The molecule has 0 fully saturated rings. The van der Waals surface area contributed by atoms with Crippen LogP contribution in [0.25, 0.3) is 0 Å². The van der Waals surface area contributed by atoms with Crippen LogP contribution in [0.5, 0.6) is 11.5 Å². The Morgan fingerprint density at radius 2 is 2.04 bits per heavy atom. The minimum atomic E-state index is -0.231. The van der Waals surface area contributed by atoms with Crippen molar-refractivity contribution in [1.29, 1.82) is 0 Å². The largest absolute Gasteiger partial charge is 0.493 e. The molecule has 134 valence electrons. The topological polar surface area (TPSA) is 85.4 Å². The maximum Gasteiger partial charge on any atom is 0.271 e. The van der Waals surface area contributed by atoms with E-state index in [1.54, 1.807) is 38.1 Å². The monoisotopic (exact) mass is 370 g/mol. The molecular formula is C18H18N4O3S. The van der Waals surface area contributed by atoms with Crippen molar-refractivity contribution in [2.75, 3.05) is 19.5 Å². The molecule has 3 aromatic rings. The first-order chi connectivity index (χ1) is 12.7. The number of carbonyl (C=O) groups is 1. The van der Waals surface area contributed by atoms with Crippen LogP contribution in [-0.4, -0.2) is 30.1 Å². The van der Waals surface area contributed by atoms with Gasteiger partial charge in [-0.2, -0.15) is 0 Å². The van der Waals surface area contributed by atoms with Gasteiger partial charge in [0.05, 0.1) is 14.2 Å². The minimum absolute atomic E-state index is 0.231. The number of thiazole rings is 1. The second-order valence-corrected chi connectivity index (χ2v) is 6.13. The van der Waals surface area contributed by atoms with Crippen LogP contribution in [0.3, 0.4) is 0 Å². The van der Waals surface area contributed by atoms with Gasteiger partial charge in [0, 0.05) is 36.1 Å². The van der Waals surface area contributed by atoms with Crippen molar-refractivity contribution in [3.63, 3.8) is 0 Å². The van der Waals surface area contributed by atoms with Crippen LogP contribution in [0.1, 0.15) is 16.1 Å². The van der Waals surface area contributed by atoms with E-state index < -0.39 is 0 Å². The van der Waals surface area contributed by atoms with E-state index in [1.807, 2.05) is 24.3 Å². The standard InChI is InChI=1S/C18H18N4O3S/c1-24-15-6-5-13(8-16(15)25-2)21-18-22-14(11-26-18)17(23)20-10-12-4-3-7-19-9-12/h3-9,11H,10H2,1-2H3,(H,20,23)(H,21,22). The Hall–Kier alpha value is -3.13. The molecule has 0 atom stereocenters. The fraction of sp³-hybridized carbons (Fsp3) is 0.167. The van der Waals surface area contributed by atoms with E-state index in [1.165, 1.54) is 11.3 Å².